The third-order valence-corrected chi connectivity index (χ3v) is 23.6. The topological polar surface area (TPSA) is 160 Å². The molecule has 3 aliphatic rings. The van der Waals surface area contributed by atoms with Gasteiger partial charge in [-0.1, -0.05) is 104 Å². The summed E-state index contributed by atoms with van der Waals surface area (Å²) in [6, 6.07) is 18.1. The normalized spacial score (nSPS) is 25.3. The van der Waals surface area contributed by atoms with Gasteiger partial charge in [0.1, 0.15) is 9.79 Å². The fraction of sp³-hybridized carbons (Fsp3) is 0.750. The van der Waals surface area contributed by atoms with Crippen LogP contribution in [0.15, 0.2) is 58.3 Å². The molecule has 0 amide bonds. The third-order valence-electron chi connectivity index (χ3n) is 19.3. The Morgan fingerprint density at radius 3 is 0.989 bits per heavy atom. The fourth-order valence-electron chi connectivity index (χ4n) is 14.2. The quantitative estimate of drug-likeness (QED) is 0.0822. The summed E-state index contributed by atoms with van der Waals surface area (Å²) >= 11 is 0. The van der Waals surface area contributed by atoms with Gasteiger partial charge in [-0.05, 0) is 180 Å². The van der Waals surface area contributed by atoms with Gasteiger partial charge in [0.05, 0.1) is 86.7 Å². The van der Waals surface area contributed by atoms with Crippen molar-refractivity contribution in [1.82, 2.24) is 47.8 Å². The van der Waals surface area contributed by atoms with E-state index >= 15 is 0 Å². The highest BCUT2D eigenvalue weighted by atomic mass is 32.2. The number of rotatable bonds is 20. The minimum atomic E-state index is -3.60. The zero-order valence-corrected chi connectivity index (χ0v) is 61.7. The molecule has 0 radical (unpaired) electrons. The molecule has 0 unspecified atom stereocenters. The first-order chi connectivity index (χ1) is 43.5. The summed E-state index contributed by atoms with van der Waals surface area (Å²) in [7, 11) is 1.76. The van der Waals surface area contributed by atoms with E-state index in [0.717, 1.165) is 102 Å². The molecule has 2 aromatic heterocycles. The van der Waals surface area contributed by atoms with Crippen molar-refractivity contribution < 1.29 is 35.8 Å². The van der Waals surface area contributed by atoms with Crippen LogP contribution in [0.25, 0.3) is 0 Å². The highest BCUT2D eigenvalue weighted by molar-refractivity contribution is 7.89. The van der Waals surface area contributed by atoms with Gasteiger partial charge in [0.15, 0.2) is 0 Å². The van der Waals surface area contributed by atoms with Crippen LogP contribution in [0.4, 0.5) is 0 Å². The Labute approximate surface area is 557 Å². The maximum absolute atomic E-state index is 13.7. The second-order valence-electron chi connectivity index (χ2n) is 29.7. The summed E-state index contributed by atoms with van der Waals surface area (Å²) in [5, 5.41) is 9.52. The van der Waals surface area contributed by atoms with Gasteiger partial charge in [0.2, 0.25) is 20.0 Å². The van der Waals surface area contributed by atoms with E-state index in [1.54, 1.807) is 8.61 Å². The van der Waals surface area contributed by atoms with E-state index in [9.17, 15) is 16.8 Å². The van der Waals surface area contributed by atoms with Crippen LogP contribution in [-0.4, -0.2) is 220 Å². The molecule has 2 aromatic carbocycles. The molecule has 4 aromatic rings. The van der Waals surface area contributed by atoms with Crippen LogP contribution in [0, 0.1) is 51.4 Å². The van der Waals surface area contributed by atoms with E-state index in [-0.39, 0.29) is 48.6 Å². The summed E-state index contributed by atoms with van der Waals surface area (Å²) in [6.45, 7) is 38.8. The van der Waals surface area contributed by atoms with Crippen LogP contribution in [0.2, 0.25) is 0 Å². The van der Waals surface area contributed by atoms with Crippen LogP contribution in [0.5, 0.6) is 0 Å². The average molecular weight is 1320 g/mol. The molecule has 3 fully saturated rings. The van der Waals surface area contributed by atoms with E-state index in [4.69, 9.17) is 29.1 Å². The number of hydrogen-bond acceptors (Lipinski definition) is 14. The van der Waals surface area contributed by atoms with Crippen molar-refractivity contribution in [3.05, 3.63) is 93.6 Å². The Kier molecular flexibility index (Phi) is 28.8. The standard InChI is InChI=1S/C72H122N10O8S2/c1-51(2)35-65-47-87-55(9)41-75(15)68(38-54(7)8)50-90-70(40-62-25-29-64(30-26-62)44-82-60(14)72(58(12)74-82)92(85,86)80-33-21-22-34-80)46-78(18)66(36-52(3)4)48-88-56(10)42-76(16)67(37-53(5)6)49-89-69(45-77(65)17)39-61-23-27-63(28-24-61)43-81-59(13)71(57(11)73-81)91(83,84)79-31-19-20-32-79/h23-30,51-56,65-70H,19-22,31-50H2,1-18H3/t55-,56-,65+,66+,67+,68+,69-,70-/m1/s1. The lowest BCUT2D eigenvalue weighted by atomic mass is 10.0. The monoisotopic (exact) mass is 1320 g/mol. The molecular formula is C72H122N10O8S2. The van der Waals surface area contributed by atoms with Crippen molar-refractivity contribution in [2.45, 2.75) is 233 Å². The zero-order chi connectivity index (χ0) is 67.2. The Morgan fingerprint density at radius 1 is 0.424 bits per heavy atom. The van der Waals surface area contributed by atoms with E-state index < -0.39 is 20.0 Å². The lowest BCUT2D eigenvalue weighted by molar-refractivity contribution is -0.0536. The number of benzene rings is 2. The Balaban J connectivity index is 1.11. The number of aromatic nitrogens is 4. The largest absolute Gasteiger partial charge is 0.376 e. The summed E-state index contributed by atoms with van der Waals surface area (Å²) in [6.07, 6.45) is 8.74. The van der Waals surface area contributed by atoms with Crippen molar-refractivity contribution in [2.75, 3.05) is 107 Å². The lowest BCUT2D eigenvalue weighted by Crippen LogP contribution is -2.47. The molecule has 0 bridgehead atoms. The number of sulfonamides is 2. The predicted molar refractivity (Wildman–Crippen MR) is 372 cm³/mol. The highest BCUT2D eigenvalue weighted by Crippen LogP contribution is 2.30. The van der Waals surface area contributed by atoms with Gasteiger partial charge >= 0.3 is 0 Å². The molecule has 8 atom stereocenters. The van der Waals surface area contributed by atoms with Gasteiger partial charge in [-0.3, -0.25) is 29.0 Å². The van der Waals surface area contributed by atoms with Crippen molar-refractivity contribution in [1.29, 1.82) is 0 Å². The van der Waals surface area contributed by atoms with Crippen molar-refractivity contribution in [3.8, 4) is 0 Å². The van der Waals surface area contributed by atoms with Crippen LogP contribution < -0.4 is 0 Å². The first kappa shape index (κ1) is 75.7. The van der Waals surface area contributed by atoms with Crippen LogP contribution in [0.1, 0.15) is 166 Å². The maximum Gasteiger partial charge on any atom is 0.246 e. The highest BCUT2D eigenvalue weighted by Gasteiger charge is 2.35. The molecule has 520 valence electrons. The minimum absolute atomic E-state index is 0.0215. The van der Waals surface area contributed by atoms with Crippen molar-refractivity contribution in [2.24, 2.45) is 23.7 Å². The fourth-order valence-corrected chi connectivity index (χ4v) is 18.0. The van der Waals surface area contributed by atoms with Crippen LogP contribution >= 0.6 is 0 Å². The number of aryl methyl sites for hydroxylation is 2. The van der Waals surface area contributed by atoms with Gasteiger partial charge in [0, 0.05) is 76.5 Å². The first-order valence-electron chi connectivity index (χ1n) is 35.0. The van der Waals surface area contributed by atoms with Gasteiger partial charge in [-0.2, -0.15) is 18.8 Å². The Hall–Kier alpha value is -3.64. The number of nitrogens with zero attached hydrogens (tertiary/aromatic N) is 10. The lowest BCUT2D eigenvalue weighted by Gasteiger charge is -2.37. The molecule has 18 nitrogen and oxygen atoms in total. The molecular weight excluding hydrogens is 1200 g/mol. The second kappa shape index (κ2) is 35.0. The second-order valence-corrected chi connectivity index (χ2v) is 33.4. The summed E-state index contributed by atoms with van der Waals surface area (Å²) in [5.41, 5.74) is 6.95. The molecule has 5 heterocycles. The van der Waals surface area contributed by atoms with Crippen molar-refractivity contribution in [3.63, 3.8) is 0 Å². The molecule has 7 rings (SSSR count). The van der Waals surface area contributed by atoms with Gasteiger partial charge in [-0.25, -0.2) is 16.8 Å². The van der Waals surface area contributed by atoms with E-state index in [2.05, 4.69) is 166 Å². The average Bonchev–Trinajstić information content (AvgIpc) is 1.64. The number of likely N-dealkylation sites (N-methyl/N-ethyl adjacent to an activating group) is 4. The predicted octanol–water partition coefficient (Wildman–Crippen LogP) is 10.7. The number of ether oxygens (including phenoxy) is 4. The Morgan fingerprint density at radius 2 is 0.696 bits per heavy atom. The smallest absolute Gasteiger partial charge is 0.246 e. The van der Waals surface area contributed by atoms with Gasteiger partial charge in [-0.15, -0.1) is 0 Å². The van der Waals surface area contributed by atoms with Crippen LogP contribution in [0.3, 0.4) is 0 Å². The number of hydrogen-bond donors (Lipinski definition) is 0. The minimum Gasteiger partial charge on any atom is -0.376 e. The molecule has 0 aliphatic carbocycles. The first-order valence-corrected chi connectivity index (χ1v) is 37.9. The van der Waals surface area contributed by atoms with Crippen molar-refractivity contribution >= 4 is 20.0 Å². The molecule has 20 heteroatoms. The zero-order valence-electron chi connectivity index (χ0n) is 60.1. The van der Waals surface area contributed by atoms with E-state index in [1.165, 1.54) is 11.1 Å². The third kappa shape index (κ3) is 21.7. The molecule has 0 N–H and O–H groups in total. The summed E-state index contributed by atoms with van der Waals surface area (Å²) in [4.78, 5) is 10.6. The summed E-state index contributed by atoms with van der Waals surface area (Å²) in [5.74, 6) is 1.85. The molecule has 0 saturated carbocycles. The van der Waals surface area contributed by atoms with E-state index in [0.29, 0.717) is 122 Å². The molecule has 3 saturated heterocycles. The molecule has 92 heavy (non-hydrogen) atoms. The molecule has 0 spiro atoms. The summed E-state index contributed by atoms with van der Waals surface area (Å²) < 4.78 is 90.1. The van der Waals surface area contributed by atoms with Gasteiger partial charge < -0.3 is 18.9 Å². The van der Waals surface area contributed by atoms with E-state index in [1.807, 2.05) is 37.1 Å². The SMILES string of the molecule is Cc1nn(Cc2ccc(C[C@@H]3CN(C)[C@@H](CC(C)C)CO[C@H](C)CN(C)[C@@H](CC(C)C)CO[C@H](Cc4ccc(Cn5nc(C)c(S(=O)(=O)N6CCCC6)c5C)cc4)CN(C)[C@@H](CC(C)C)CO[C@H](C)CN(C)[C@@H](CC(C)C)CO3)cc2)c(C)c1S(=O)(=O)N1CCCC1. The van der Waals surface area contributed by atoms with Gasteiger partial charge in [0.25, 0.3) is 0 Å². The van der Waals surface area contributed by atoms with Crippen LogP contribution in [-0.2, 0) is 64.9 Å². The molecule has 3 aliphatic heterocycles. The maximum atomic E-state index is 13.7. The Bertz CT molecular complexity index is 2860.